The fourth-order valence-electron chi connectivity index (χ4n) is 2.39. The lowest BCUT2D eigenvalue weighted by Crippen LogP contribution is -2.44. The van der Waals surface area contributed by atoms with E-state index in [0.29, 0.717) is 5.56 Å². The predicted molar refractivity (Wildman–Crippen MR) is 79.4 cm³/mol. The molecule has 2 heterocycles. The number of carboxylic acids is 1. The molecule has 1 atom stereocenters. The van der Waals surface area contributed by atoms with E-state index in [-0.39, 0.29) is 5.92 Å². The fourth-order valence-corrected chi connectivity index (χ4v) is 2.39. The average Bonchev–Trinajstić information content (AvgIpc) is 2.98. The summed E-state index contributed by atoms with van der Waals surface area (Å²) >= 11 is 0. The molecule has 2 N–H and O–H groups in total. The zero-order valence-electron chi connectivity index (χ0n) is 12.4. The number of nitrogens with zero attached hydrogens (tertiary/aromatic N) is 2. The van der Waals surface area contributed by atoms with Crippen LogP contribution < -0.4 is 10.2 Å². The Hall–Kier alpha value is -2.11. The number of aromatic nitrogens is 1. The quantitative estimate of drug-likeness (QED) is 0.859. The highest BCUT2D eigenvalue weighted by atomic mass is 16.4. The van der Waals surface area contributed by atoms with Gasteiger partial charge in [-0.1, -0.05) is 13.8 Å². The van der Waals surface area contributed by atoms with Gasteiger partial charge in [-0.2, -0.15) is 0 Å². The monoisotopic (exact) mass is 291 g/mol. The van der Waals surface area contributed by atoms with Gasteiger partial charge in [-0.05, 0) is 30.9 Å². The zero-order valence-corrected chi connectivity index (χ0v) is 12.4. The summed E-state index contributed by atoms with van der Waals surface area (Å²) in [6, 6.07) is 2.61. The molecule has 2 rings (SSSR count). The summed E-state index contributed by atoms with van der Waals surface area (Å²) in [4.78, 5) is 29.6. The number of carbonyl (C=O) groups is 2. The molecule has 0 radical (unpaired) electrons. The van der Waals surface area contributed by atoms with Gasteiger partial charge in [0.2, 0.25) is 0 Å². The minimum atomic E-state index is -1.03. The van der Waals surface area contributed by atoms with Crippen LogP contribution in [0, 0.1) is 5.92 Å². The standard InChI is InChI=1S/C15H21N3O3/c1-10(2)13(15(20)21)17-14(19)11-5-6-12(16-9-11)18-7-3-4-8-18/h5-6,9-10,13H,3-4,7-8H2,1-2H3,(H,17,19)(H,20,21)/t13-/m0/s1. The Morgan fingerprint density at radius 2 is 1.95 bits per heavy atom. The third-order valence-electron chi connectivity index (χ3n) is 3.66. The van der Waals surface area contributed by atoms with Crippen LogP contribution >= 0.6 is 0 Å². The van der Waals surface area contributed by atoms with E-state index in [4.69, 9.17) is 5.11 Å². The van der Waals surface area contributed by atoms with E-state index in [2.05, 4.69) is 15.2 Å². The van der Waals surface area contributed by atoms with Gasteiger partial charge in [0.1, 0.15) is 11.9 Å². The van der Waals surface area contributed by atoms with E-state index < -0.39 is 17.9 Å². The second kappa shape index (κ2) is 6.56. The maximum Gasteiger partial charge on any atom is 0.326 e. The van der Waals surface area contributed by atoms with Crippen molar-refractivity contribution in [3.63, 3.8) is 0 Å². The molecule has 1 aliphatic heterocycles. The van der Waals surface area contributed by atoms with Crippen LogP contribution in [0.25, 0.3) is 0 Å². The summed E-state index contributed by atoms with van der Waals surface area (Å²) in [5.41, 5.74) is 0.379. The summed E-state index contributed by atoms with van der Waals surface area (Å²) in [6.07, 6.45) is 3.83. The van der Waals surface area contributed by atoms with Gasteiger partial charge in [-0.15, -0.1) is 0 Å². The lowest BCUT2D eigenvalue weighted by molar-refractivity contribution is -0.140. The molecule has 0 unspecified atom stereocenters. The number of hydrogen-bond acceptors (Lipinski definition) is 4. The van der Waals surface area contributed by atoms with Crippen molar-refractivity contribution in [2.75, 3.05) is 18.0 Å². The van der Waals surface area contributed by atoms with Crippen LogP contribution in [0.2, 0.25) is 0 Å². The van der Waals surface area contributed by atoms with Crippen molar-refractivity contribution < 1.29 is 14.7 Å². The summed E-state index contributed by atoms with van der Waals surface area (Å²) in [7, 11) is 0. The van der Waals surface area contributed by atoms with Gasteiger partial charge < -0.3 is 15.3 Å². The Balaban J connectivity index is 2.03. The Kier molecular flexibility index (Phi) is 4.77. The highest BCUT2D eigenvalue weighted by Crippen LogP contribution is 2.17. The fraction of sp³-hybridized carbons (Fsp3) is 0.533. The van der Waals surface area contributed by atoms with Crippen molar-refractivity contribution in [2.24, 2.45) is 5.92 Å². The van der Waals surface area contributed by atoms with E-state index in [9.17, 15) is 9.59 Å². The largest absolute Gasteiger partial charge is 0.480 e. The molecule has 6 nitrogen and oxygen atoms in total. The van der Waals surface area contributed by atoms with Gasteiger partial charge in [-0.25, -0.2) is 9.78 Å². The topological polar surface area (TPSA) is 82.5 Å². The van der Waals surface area contributed by atoms with Gasteiger partial charge in [0.25, 0.3) is 5.91 Å². The maximum atomic E-state index is 12.1. The molecule has 0 bridgehead atoms. The van der Waals surface area contributed by atoms with E-state index in [1.807, 2.05) is 6.07 Å². The van der Waals surface area contributed by atoms with E-state index in [1.165, 1.54) is 19.0 Å². The van der Waals surface area contributed by atoms with E-state index in [0.717, 1.165) is 18.9 Å². The van der Waals surface area contributed by atoms with Gasteiger partial charge in [0, 0.05) is 19.3 Å². The molecule has 0 saturated carbocycles. The second-order valence-corrected chi connectivity index (χ2v) is 5.63. The number of amides is 1. The van der Waals surface area contributed by atoms with Gasteiger partial charge in [0.05, 0.1) is 5.56 Å². The van der Waals surface area contributed by atoms with Crippen LogP contribution in [0.4, 0.5) is 5.82 Å². The Labute approximate surface area is 124 Å². The summed E-state index contributed by atoms with van der Waals surface area (Å²) < 4.78 is 0. The molecule has 21 heavy (non-hydrogen) atoms. The lowest BCUT2D eigenvalue weighted by Gasteiger charge is -2.19. The van der Waals surface area contributed by atoms with Gasteiger partial charge in [0.15, 0.2) is 0 Å². The van der Waals surface area contributed by atoms with Crippen molar-refractivity contribution in [1.82, 2.24) is 10.3 Å². The molecule has 1 fully saturated rings. The third kappa shape index (κ3) is 3.71. The van der Waals surface area contributed by atoms with E-state index >= 15 is 0 Å². The van der Waals surface area contributed by atoms with Crippen molar-refractivity contribution in [2.45, 2.75) is 32.7 Å². The molecule has 0 spiro atoms. The smallest absolute Gasteiger partial charge is 0.326 e. The maximum absolute atomic E-state index is 12.1. The lowest BCUT2D eigenvalue weighted by atomic mass is 10.0. The number of aliphatic carboxylic acids is 1. The molecular weight excluding hydrogens is 270 g/mol. The Morgan fingerprint density at radius 1 is 1.29 bits per heavy atom. The molecule has 1 aliphatic rings. The van der Waals surface area contributed by atoms with Crippen molar-refractivity contribution in [1.29, 1.82) is 0 Å². The minimum Gasteiger partial charge on any atom is -0.480 e. The van der Waals surface area contributed by atoms with Crippen LogP contribution in [0.5, 0.6) is 0 Å². The van der Waals surface area contributed by atoms with Crippen LogP contribution in [-0.4, -0.2) is 41.1 Å². The molecule has 1 aromatic heterocycles. The predicted octanol–water partition coefficient (Wildman–Crippen LogP) is 1.52. The Morgan fingerprint density at radius 3 is 2.43 bits per heavy atom. The Bertz CT molecular complexity index is 507. The minimum absolute atomic E-state index is 0.178. The third-order valence-corrected chi connectivity index (χ3v) is 3.66. The molecule has 1 aromatic rings. The molecule has 1 amide bonds. The number of rotatable bonds is 5. The van der Waals surface area contributed by atoms with Gasteiger partial charge >= 0.3 is 5.97 Å². The van der Waals surface area contributed by atoms with Crippen LogP contribution in [0.3, 0.4) is 0 Å². The number of pyridine rings is 1. The number of carboxylic acid groups (broad SMARTS) is 1. The number of carbonyl (C=O) groups excluding carboxylic acids is 1. The molecule has 1 saturated heterocycles. The summed E-state index contributed by atoms with van der Waals surface area (Å²) in [6.45, 7) is 5.50. The SMILES string of the molecule is CC(C)[C@H](NC(=O)c1ccc(N2CCCC2)nc1)C(=O)O. The number of anilines is 1. The van der Waals surface area contributed by atoms with Gasteiger partial charge in [-0.3, -0.25) is 4.79 Å². The summed E-state index contributed by atoms with van der Waals surface area (Å²) in [5.74, 6) is -0.748. The first-order valence-corrected chi connectivity index (χ1v) is 7.23. The molecular formula is C15H21N3O3. The number of hydrogen-bond donors (Lipinski definition) is 2. The van der Waals surface area contributed by atoms with Crippen molar-refractivity contribution >= 4 is 17.7 Å². The summed E-state index contributed by atoms with van der Waals surface area (Å²) in [5, 5.41) is 11.6. The van der Waals surface area contributed by atoms with Crippen LogP contribution in [0.15, 0.2) is 18.3 Å². The average molecular weight is 291 g/mol. The molecule has 0 aliphatic carbocycles. The first-order chi connectivity index (χ1) is 9.99. The second-order valence-electron chi connectivity index (χ2n) is 5.63. The highest BCUT2D eigenvalue weighted by Gasteiger charge is 2.24. The molecule has 0 aromatic carbocycles. The molecule has 6 heteroatoms. The van der Waals surface area contributed by atoms with Crippen LogP contribution in [-0.2, 0) is 4.79 Å². The van der Waals surface area contributed by atoms with Crippen LogP contribution in [0.1, 0.15) is 37.0 Å². The highest BCUT2D eigenvalue weighted by molar-refractivity contribution is 5.96. The van der Waals surface area contributed by atoms with E-state index in [1.54, 1.807) is 19.9 Å². The first-order valence-electron chi connectivity index (χ1n) is 7.23. The zero-order chi connectivity index (χ0) is 15.4. The van der Waals surface area contributed by atoms with Crippen molar-refractivity contribution in [3.05, 3.63) is 23.9 Å². The molecule has 114 valence electrons. The normalized spacial score (nSPS) is 16.0. The first kappa shape index (κ1) is 15.3. The van der Waals surface area contributed by atoms with Crippen molar-refractivity contribution in [3.8, 4) is 0 Å². The number of nitrogens with one attached hydrogen (secondary N) is 1.